The first kappa shape index (κ1) is 13.8. The number of rotatable bonds is 4. The van der Waals surface area contributed by atoms with E-state index in [1.165, 1.54) is 24.8 Å². The average molecular weight is 263 g/mol. The Labute approximate surface area is 112 Å². The lowest BCUT2D eigenvalue weighted by Gasteiger charge is -2.38. The van der Waals surface area contributed by atoms with Gasteiger partial charge in [0.05, 0.1) is 0 Å². The van der Waals surface area contributed by atoms with Gasteiger partial charge in [0.25, 0.3) is 0 Å². The molecule has 0 aromatic heterocycles. The molecule has 1 atom stereocenters. The number of likely N-dealkylation sites (N-methyl/N-ethyl adjacent to an activating group) is 1. The summed E-state index contributed by atoms with van der Waals surface area (Å²) in [5.74, 6) is 0. The molecular formula is C15H25NOSi. The second kappa shape index (κ2) is 6.00. The van der Waals surface area contributed by atoms with Crippen molar-refractivity contribution in [1.82, 2.24) is 4.90 Å². The molecule has 1 aromatic rings. The quantitative estimate of drug-likeness (QED) is 0.844. The van der Waals surface area contributed by atoms with Crippen molar-refractivity contribution in [2.75, 3.05) is 20.6 Å². The van der Waals surface area contributed by atoms with Gasteiger partial charge in [-0.05, 0) is 31.7 Å². The number of benzene rings is 1. The van der Waals surface area contributed by atoms with Gasteiger partial charge in [-0.3, -0.25) is 0 Å². The Kier molecular flexibility index (Phi) is 4.59. The van der Waals surface area contributed by atoms with Gasteiger partial charge < -0.3 is 9.70 Å². The van der Waals surface area contributed by atoms with Crippen molar-refractivity contribution in [2.45, 2.75) is 36.9 Å². The van der Waals surface area contributed by atoms with E-state index in [4.69, 9.17) is 0 Å². The summed E-state index contributed by atoms with van der Waals surface area (Å²) >= 11 is 0. The third-order valence-corrected chi connectivity index (χ3v) is 8.37. The number of hydrogen-bond acceptors (Lipinski definition) is 2. The molecule has 1 N–H and O–H groups in total. The summed E-state index contributed by atoms with van der Waals surface area (Å²) in [5.41, 5.74) is 1.70. The van der Waals surface area contributed by atoms with Crippen molar-refractivity contribution in [3.8, 4) is 0 Å². The first-order valence-corrected chi connectivity index (χ1v) is 9.48. The van der Waals surface area contributed by atoms with E-state index in [-0.39, 0.29) is 0 Å². The molecule has 1 aliphatic heterocycles. The molecule has 0 spiro atoms. The van der Waals surface area contributed by atoms with Gasteiger partial charge in [0.2, 0.25) is 0 Å². The molecule has 0 aliphatic carbocycles. The van der Waals surface area contributed by atoms with Crippen LogP contribution in [0.2, 0.25) is 12.1 Å². The fraction of sp³-hybridized carbons (Fsp3) is 0.600. The molecule has 1 aliphatic rings. The SMILES string of the molecule is CN(C)CC(c1ccccc1)[Si]1(O)CCCCC1. The summed E-state index contributed by atoms with van der Waals surface area (Å²) < 4.78 is 0. The molecule has 0 saturated carbocycles. The van der Waals surface area contributed by atoms with E-state index in [0.29, 0.717) is 5.54 Å². The van der Waals surface area contributed by atoms with Crippen molar-refractivity contribution >= 4 is 8.32 Å². The average Bonchev–Trinajstić information content (AvgIpc) is 2.37. The first-order chi connectivity index (χ1) is 8.62. The molecule has 0 bridgehead atoms. The van der Waals surface area contributed by atoms with E-state index in [0.717, 1.165) is 18.6 Å². The van der Waals surface area contributed by atoms with Crippen LogP contribution in [-0.4, -0.2) is 38.7 Å². The van der Waals surface area contributed by atoms with Gasteiger partial charge in [0, 0.05) is 12.1 Å². The van der Waals surface area contributed by atoms with Gasteiger partial charge in [-0.15, -0.1) is 0 Å². The van der Waals surface area contributed by atoms with Crippen LogP contribution < -0.4 is 0 Å². The van der Waals surface area contributed by atoms with Gasteiger partial charge in [-0.25, -0.2) is 0 Å². The summed E-state index contributed by atoms with van der Waals surface area (Å²) in [6, 6.07) is 12.8. The Hall–Kier alpha value is -0.643. The highest BCUT2D eigenvalue weighted by molar-refractivity contribution is 6.74. The van der Waals surface area contributed by atoms with Crippen LogP contribution in [0.1, 0.15) is 30.4 Å². The summed E-state index contributed by atoms with van der Waals surface area (Å²) in [6.45, 7) is 0.979. The Morgan fingerprint density at radius 2 is 1.72 bits per heavy atom. The van der Waals surface area contributed by atoms with Crippen LogP contribution in [-0.2, 0) is 0 Å². The normalized spacial score (nSPS) is 20.9. The molecular weight excluding hydrogens is 238 g/mol. The predicted octanol–water partition coefficient (Wildman–Crippen LogP) is 2.99. The first-order valence-electron chi connectivity index (χ1n) is 7.04. The van der Waals surface area contributed by atoms with E-state index in [9.17, 15) is 4.80 Å². The predicted molar refractivity (Wildman–Crippen MR) is 79.2 cm³/mol. The van der Waals surface area contributed by atoms with Crippen molar-refractivity contribution in [3.05, 3.63) is 35.9 Å². The molecule has 100 valence electrons. The smallest absolute Gasteiger partial charge is 0.197 e. The summed E-state index contributed by atoms with van der Waals surface area (Å²) in [6.07, 6.45) is 3.75. The molecule has 1 saturated heterocycles. The Morgan fingerprint density at radius 1 is 1.11 bits per heavy atom. The standard InChI is InChI=1S/C15H25NOSi/c1-16(2)13-15(14-9-5-3-6-10-14)18(17)11-7-4-8-12-18/h3,5-6,9-10,15,17H,4,7-8,11-13H2,1-2H3. The second-order valence-electron chi connectivity index (χ2n) is 5.89. The van der Waals surface area contributed by atoms with Gasteiger partial charge in [0.1, 0.15) is 0 Å². The number of hydrogen-bond donors (Lipinski definition) is 1. The Morgan fingerprint density at radius 3 is 2.28 bits per heavy atom. The van der Waals surface area contributed by atoms with Crippen molar-refractivity contribution in [3.63, 3.8) is 0 Å². The lowest BCUT2D eigenvalue weighted by molar-refractivity contribution is 0.374. The maximum atomic E-state index is 11.1. The summed E-state index contributed by atoms with van der Waals surface area (Å²) in [5, 5.41) is 0. The van der Waals surface area contributed by atoms with Crippen LogP contribution in [0.5, 0.6) is 0 Å². The lowest BCUT2D eigenvalue weighted by Crippen LogP contribution is -2.47. The summed E-state index contributed by atoms with van der Waals surface area (Å²) in [4.78, 5) is 13.4. The van der Waals surface area contributed by atoms with E-state index in [1.807, 2.05) is 0 Å². The van der Waals surface area contributed by atoms with Crippen molar-refractivity contribution < 1.29 is 4.80 Å². The third kappa shape index (κ3) is 3.22. The van der Waals surface area contributed by atoms with Gasteiger partial charge in [-0.2, -0.15) is 0 Å². The van der Waals surface area contributed by atoms with E-state index < -0.39 is 8.32 Å². The highest BCUT2D eigenvalue weighted by atomic mass is 28.4. The van der Waals surface area contributed by atoms with Crippen LogP contribution in [0, 0.1) is 0 Å². The molecule has 18 heavy (non-hydrogen) atoms. The molecule has 1 aromatic carbocycles. The Bertz CT molecular complexity index is 360. The highest BCUT2D eigenvalue weighted by Crippen LogP contribution is 2.37. The minimum Gasteiger partial charge on any atom is -0.431 e. The molecule has 2 nitrogen and oxygen atoms in total. The molecule has 1 heterocycles. The zero-order valence-electron chi connectivity index (χ0n) is 11.6. The molecule has 0 amide bonds. The van der Waals surface area contributed by atoms with E-state index >= 15 is 0 Å². The van der Waals surface area contributed by atoms with Gasteiger partial charge in [-0.1, -0.05) is 49.6 Å². The zero-order chi connectivity index (χ0) is 13.0. The lowest BCUT2D eigenvalue weighted by atomic mass is 10.1. The third-order valence-electron chi connectivity index (χ3n) is 4.12. The van der Waals surface area contributed by atoms with Crippen molar-refractivity contribution in [2.24, 2.45) is 0 Å². The van der Waals surface area contributed by atoms with Crippen LogP contribution >= 0.6 is 0 Å². The molecule has 0 radical (unpaired) electrons. The maximum absolute atomic E-state index is 11.1. The number of nitrogens with zero attached hydrogens (tertiary/aromatic N) is 1. The molecule has 3 heteroatoms. The van der Waals surface area contributed by atoms with Crippen molar-refractivity contribution in [1.29, 1.82) is 0 Å². The monoisotopic (exact) mass is 263 g/mol. The minimum absolute atomic E-state index is 0.369. The molecule has 2 rings (SSSR count). The van der Waals surface area contributed by atoms with Crippen LogP contribution in [0.3, 0.4) is 0 Å². The second-order valence-corrected chi connectivity index (χ2v) is 9.79. The van der Waals surface area contributed by atoms with Gasteiger partial charge >= 0.3 is 0 Å². The van der Waals surface area contributed by atoms with Crippen LogP contribution in [0.15, 0.2) is 30.3 Å². The zero-order valence-corrected chi connectivity index (χ0v) is 12.6. The fourth-order valence-corrected chi connectivity index (χ4v) is 7.34. The van der Waals surface area contributed by atoms with E-state index in [1.54, 1.807) is 0 Å². The summed E-state index contributed by atoms with van der Waals surface area (Å²) in [7, 11) is 2.10. The molecule has 1 unspecified atom stereocenters. The topological polar surface area (TPSA) is 23.5 Å². The van der Waals surface area contributed by atoms with Crippen LogP contribution in [0.25, 0.3) is 0 Å². The highest BCUT2D eigenvalue weighted by Gasteiger charge is 2.41. The van der Waals surface area contributed by atoms with Gasteiger partial charge in [0.15, 0.2) is 8.32 Å². The molecule has 1 fully saturated rings. The maximum Gasteiger partial charge on any atom is 0.197 e. The van der Waals surface area contributed by atoms with Crippen LogP contribution in [0.4, 0.5) is 0 Å². The van der Waals surface area contributed by atoms with E-state index in [2.05, 4.69) is 49.3 Å². The fourth-order valence-electron chi connectivity index (χ4n) is 3.15. The minimum atomic E-state index is -2.11. The largest absolute Gasteiger partial charge is 0.431 e. The Balaban J connectivity index is 2.24.